The Hall–Kier alpha value is -1.01. The third kappa shape index (κ3) is 2.51. The standard InChI is InChI=1S/C12H12BrNO/c13-10-5-6-12(9(7-10)8-14)15-11-3-1-2-4-11/h5-7,11H,1-4H2. The number of rotatable bonds is 2. The van der Waals surface area contributed by atoms with Gasteiger partial charge in [-0.25, -0.2) is 0 Å². The number of nitriles is 1. The van der Waals surface area contributed by atoms with Gasteiger partial charge in [0.1, 0.15) is 11.8 Å². The molecule has 2 nitrogen and oxygen atoms in total. The van der Waals surface area contributed by atoms with Gasteiger partial charge >= 0.3 is 0 Å². The van der Waals surface area contributed by atoms with Crippen molar-refractivity contribution in [2.24, 2.45) is 0 Å². The van der Waals surface area contributed by atoms with Gasteiger partial charge in [0.05, 0.1) is 11.7 Å². The third-order valence-corrected chi connectivity index (χ3v) is 3.15. The molecule has 0 unspecified atom stereocenters. The lowest BCUT2D eigenvalue weighted by atomic mass is 10.2. The molecular formula is C12H12BrNO. The van der Waals surface area contributed by atoms with Crippen molar-refractivity contribution in [2.45, 2.75) is 31.8 Å². The number of nitrogens with zero attached hydrogens (tertiary/aromatic N) is 1. The van der Waals surface area contributed by atoms with Crippen LogP contribution < -0.4 is 4.74 Å². The summed E-state index contributed by atoms with van der Waals surface area (Å²) in [5.74, 6) is 0.715. The second kappa shape index (κ2) is 4.67. The van der Waals surface area contributed by atoms with Gasteiger partial charge in [-0.3, -0.25) is 0 Å². The molecule has 1 aromatic carbocycles. The minimum absolute atomic E-state index is 0.304. The van der Waals surface area contributed by atoms with Crippen LogP contribution in [0.25, 0.3) is 0 Å². The van der Waals surface area contributed by atoms with Gasteiger partial charge in [0.15, 0.2) is 0 Å². The van der Waals surface area contributed by atoms with E-state index in [0.717, 1.165) is 17.3 Å². The Balaban J connectivity index is 2.16. The maximum Gasteiger partial charge on any atom is 0.137 e. The molecule has 1 aliphatic carbocycles. The van der Waals surface area contributed by atoms with Crippen LogP contribution in [-0.4, -0.2) is 6.10 Å². The topological polar surface area (TPSA) is 33.0 Å². The fraction of sp³-hybridized carbons (Fsp3) is 0.417. The van der Waals surface area contributed by atoms with Gasteiger partial charge in [0.2, 0.25) is 0 Å². The van der Waals surface area contributed by atoms with Crippen LogP contribution >= 0.6 is 15.9 Å². The average Bonchev–Trinajstić information content (AvgIpc) is 2.73. The molecule has 2 rings (SSSR count). The summed E-state index contributed by atoms with van der Waals surface area (Å²) in [7, 11) is 0. The zero-order chi connectivity index (χ0) is 10.7. The highest BCUT2D eigenvalue weighted by Crippen LogP contribution is 2.28. The molecule has 0 atom stereocenters. The summed E-state index contributed by atoms with van der Waals surface area (Å²) in [4.78, 5) is 0. The first-order valence-electron chi connectivity index (χ1n) is 5.16. The molecule has 1 fully saturated rings. The lowest BCUT2D eigenvalue weighted by molar-refractivity contribution is 0.209. The molecule has 0 N–H and O–H groups in total. The van der Waals surface area contributed by atoms with E-state index in [4.69, 9.17) is 10.00 Å². The van der Waals surface area contributed by atoms with E-state index in [1.807, 2.05) is 12.1 Å². The SMILES string of the molecule is N#Cc1cc(Br)ccc1OC1CCCC1. The maximum absolute atomic E-state index is 8.97. The molecule has 0 bridgehead atoms. The first-order chi connectivity index (χ1) is 7.29. The number of benzene rings is 1. The van der Waals surface area contributed by atoms with E-state index in [9.17, 15) is 0 Å². The van der Waals surface area contributed by atoms with Gasteiger partial charge in [0.25, 0.3) is 0 Å². The van der Waals surface area contributed by atoms with Gasteiger partial charge in [-0.1, -0.05) is 15.9 Å². The molecule has 0 aromatic heterocycles. The van der Waals surface area contributed by atoms with Crippen LogP contribution in [0.2, 0.25) is 0 Å². The van der Waals surface area contributed by atoms with Crippen LogP contribution in [-0.2, 0) is 0 Å². The van der Waals surface area contributed by atoms with E-state index in [0.29, 0.717) is 17.4 Å². The minimum Gasteiger partial charge on any atom is -0.489 e. The van der Waals surface area contributed by atoms with Crippen molar-refractivity contribution in [2.75, 3.05) is 0 Å². The summed E-state index contributed by atoms with van der Waals surface area (Å²) in [5, 5.41) is 8.97. The Labute approximate surface area is 98.0 Å². The monoisotopic (exact) mass is 265 g/mol. The number of ether oxygens (including phenoxy) is 1. The van der Waals surface area contributed by atoms with Crippen molar-refractivity contribution in [3.63, 3.8) is 0 Å². The Morgan fingerprint density at radius 1 is 1.33 bits per heavy atom. The van der Waals surface area contributed by atoms with E-state index in [-0.39, 0.29) is 0 Å². The number of halogens is 1. The second-order valence-electron chi connectivity index (χ2n) is 3.78. The van der Waals surface area contributed by atoms with Gasteiger partial charge in [-0.05, 0) is 43.9 Å². The van der Waals surface area contributed by atoms with Crippen LogP contribution in [0.3, 0.4) is 0 Å². The number of hydrogen-bond donors (Lipinski definition) is 0. The van der Waals surface area contributed by atoms with E-state index >= 15 is 0 Å². The predicted octanol–water partition coefficient (Wildman–Crippen LogP) is 3.64. The van der Waals surface area contributed by atoms with Crippen molar-refractivity contribution >= 4 is 15.9 Å². The fourth-order valence-corrected chi connectivity index (χ4v) is 2.24. The zero-order valence-electron chi connectivity index (χ0n) is 8.37. The highest BCUT2D eigenvalue weighted by Gasteiger charge is 2.17. The summed E-state index contributed by atoms with van der Waals surface area (Å²) in [6.45, 7) is 0. The Morgan fingerprint density at radius 3 is 2.73 bits per heavy atom. The smallest absolute Gasteiger partial charge is 0.137 e. The normalized spacial score (nSPS) is 16.3. The average molecular weight is 266 g/mol. The molecule has 1 saturated carbocycles. The summed E-state index contributed by atoms with van der Waals surface area (Å²) < 4.78 is 6.72. The predicted molar refractivity (Wildman–Crippen MR) is 61.7 cm³/mol. The van der Waals surface area contributed by atoms with Crippen LogP contribution in [0.1, 0.15) is 31.2 Å². The highest BCUT2D eigenvalue weighted by molar-refractivity contribution is 9.10. The first kappa shape index (κ1) is 10.5. The molecule has 0 heterocycles. The molecule has 1 aliphatic rings. The molecule has 1 aromatic rings. The Bertz CT molecular complexity index is 391. The molecular weight excluding hydrogens is 254 g/mol. The van der Waals surface area contributed by atoms with E-state index in [1.165, 1.54) is 12.8 Å². The largest absolute Gasteiger partial charge is 0.489 e. The van der Waals surface area contributed by atoms with Crippen molar-refractivity contribution in [3.05, 3.63) is 28.2 Å². The van der Waals surface area contributed by atoms with Gasteiger partial charge in [-0.2, -0.15) is 5.26 Å². The fourth-order valence-electron chi connectivity index (χ4n) is 1.88. The van der Waals surface area contributed by atoms with Crippen LogP contribution in [0.4, 0.5) is 0 Å². The summed E-state index contributed by atoms with van der Waals surface area (Å²) >= 11 is 3.34. The third-order valence-electron chi connectivity index (χ3n) is 2.66. The van der Waals surface area contributed by atoms with Crippen molar-refractivity contribution in [1.82, 2.24) is 0 Å². The quantitative estimate of drug-likeness (QED) is 0.818. The maximum atomic E-state index is 8.97. The lowest BCUT2D eigenvalue weighted by Crippen LogP contribution is -2.11. The summed E-state index contributed by atoms with van der Waals surface area (Å²) in [6.07, 6.45) is 5.01. The van der Waals surface area contributed by atoms with Gasteiger partial charge in [-0.15, -0.1) is 0 Å². The van der Waals surface area contributed by atoms with Crippen molar-refractivity contribution in [1.29, 1.82) is 5.26 Å². The van der Waals surface area contributed by atoms with E-state index in [1.54, 1.807) is 6.07 Å². The minimum atomic E-state index is 0.304. The van der Waals surface area contributed by atoms with Gasteiger partial charge in [0, 0.05) is 4.47 Å². The van der Waals surface area contributed by atoms with Gasteiger partial charge < -0.3 is 4.74 Å². The molecule has 0 spiro atoms. The second-order valence-corrected chi connectivity index (χ2v) is 4.69. The van der Waals surface area contributed by atoms with E-state index < -0.39 is 0 Å². The Morgan fingerprint density at radius 2 is 2.07 bits per heavy atom. The highest BCUT2D eigenvalue weighted by atomic mass is 79.9. The summed E-state index contributed by atoms with van der Waals surface area (Å²) in [5.41, 5.74) is 0.608. The summed E-state index contributed by atoms with van der Waals surface area (Å²) in [6, 6.07) is 7.72. The molecule has 0 radical (unpaired) electrons. The first-order valence-corrected chi connectivity index (χ1v) is 5.95. The molecule has 0 aliphatic heterocycles. The molecule has 0 saturated heterocycles. The Kier molecular flexibility index (Phi) is 3.27. The molecule has 0 amide bonds. The molecule has 3 heteroatoms. The molecule has 15 heavy (non-hydrogen) atoms. The van der Waals surface area contributed by atoms with E-state index in [2.05, 4.69) is 22.0 Å². The lowest BCUT2D eigenvalue weighted by Gasteiger charge is -2.14. The van der Waals surface area contributed by atoms with Crippen molar-refractivity contribution < 1.29 is 4.74 Å². The zero-order valence-corrected chi connectivity index (χ0v) is 9.96. The van der Waals surface area contributed by atoms with Crippen LogP contribution in [0.5, 0.6) is 5.75 Å². The van der Waals surface area contributed by atoms with Crippen LogP contribution in [0.15, 0.2) is 22.7 Å². The van der Waals surface area contributed by atoms with Crippen molar-refractivity contribution in [3.8, 4) is 11.8 Å². The molecule has 78 valence electrons. The number of hydrogen-bond acceptors (Lipinski definition) is 2. The van der Waals surface area contributed by atoms with Crippen LogP contribution in [0, 0.1) is 11.3 Å².